The van der Waals surface area contributed by atoms with Crippen molar-refractivity contribution in [2.75, 3.05) is 11.5 Å². The molecular formula is C25H32O4S2. The molecule has 0 bridgehead atoms. The summed E-state index contributed by atoms with van der Waals surface area (Å²) in [6, 6.07) is 15.8. The van der Waals surface area contributed by atoms with Crippen molar-refractivity contribution in [3.05, 3.63) is 59.7 Å². The predicted molar refractivity (Wildman–Crippen MR) is 125 cm³/mol. The molecule has 1 spiro atoms. The van der Waals surface area contributed by atoms with Crippen LogP contribution in [0.3, 0.4) is 0 Å². The van der Waals surface area contributed by atoms with Crippen LogP contribution in [0.4, 0.5) is 0 Å². The molecule has 0 aromatic heterocycles. The van der Waals surface area contributed by atoms with Gasteiger partial charge >= 0.3 is 0 Å². The van der Waals surface area contributed by atoms with Crippen LogP contribution in [-0.2, 0) is 31.1 Å². The maximum atomic E-state index is 12.8. The van der Waals surface area contributed by atoms with Crippen LogP contribution in [0.2, 0.25) is 0 Å². The Morgan fingerprint density at radius 1 is 0.742 bits per heavy atom. The van der Waals surface area contributed by atoms with Gasteiger partial charge in [-0.2, -0.15) is 0 Å². The fourth-order valence-corrected chi connectivity index (χ4v) is 6.87. The summed E-state index contributed by atoms with van der Waals surface area (Å²) in [7, 11) is -2.17. The molecule has 2 aliphatic heterocycles. The minimum absolute atomic E-state index is 0.0720. The van der Waals surface area contributed by atoms with E-state index in [0.717, 1.165) is 48.3 Å². The second-order valence-corrected chi connectivity index (χ2v) is 11.8. The first kappa shape index (κ1) is 22.8. The molecule has 0 N–H and O–H groups in total. The van der Waals surface area contributed by atoms with E-state index in [1.54, 1.807) is 0 Å². The van der Waals surface area contributed by atoms with Crippen molar-refractivity contribution in [2.45, 2.75) is 80.2 Å². The number of ether oxygens (including phenoxy) is 2. The maximum Gasteiger partial charge on any atom is 0.169 e. The van der Waals surface area contributed by atoms with Gasteiger partial charge in [0.1, 0.15) is 0 Å². The highest BCUT2D eigenvalue weighted by Crippen LogP contribution is 2.40. The monoisotopic (exact) mass is 460 g/mol. The molecule has 2 aliphatic rings. The van der Waals surface area contributed by atoms with Crippen LogP contribution in [-0.4, -0.2) is 37.9 Å². The zero-order chi connectivity index (χ0) is 21.8. The van der Waals surface area contributed by atoms with E-state index < -0.39 is 27.4 Å². The molecule has 168 valence electrons. The third-order valence-electron chi connectivity index (χ3n) is 6.17. The number of aryl methyl sites for hydroxylation is 2. The minimum Gasteiger partial charge on any atom is -0.346 e. The molecule has 0 unspecified atom stereocenters. The summed E-state index contributed by atoms with van der Waals surface area (Å²) < 4.78 is 38.6. The number of hydrogen-bond donors (Lipinski definition) is 0. The lowest BCUT2D eigenvalue weighted by molar-refractivity contribution is -0.307. The quantitative estimate of drug-likeness (QED) is 0.605. The molecular weight excluding hydrogens is 428 g/mol. The lowest BCUT2D eigenvalue weighted by Gasteiger charge is -2.45. The molecule has 0 radical (unpaired) electrons. The Balaban J connectivity index is 1.36. The lowest BCUT2D eigenvalue weighted by atomic mass is 9.93. The molecule has 2 fully saturated rings. The van der Waals surface area contributed by atoms with Gasteiger partial charge < -0.3 is 9.47 Å². The van der Waals surface area contributed by atoms with E-state index in [0.29, 0.717) is 11.5 Å². The second kappa shape index (κ2) is 10.1. The molecule has 4 nitrogen and oxygen atoms in total. The summed E-state index contributed by atoms with van der Waals surface area (Å²) in [6.45, 7) is 4.06. The SMILES string of the molecule is Cc1ccc([S@](=O)C[C@@H]2CCCC3(CCC[C@@H](C[S@@](=O)c4ccc(C)cc4)O3)O2)cc1. The van der Waals surface area contributed by atoms with Gasteiger partial charge in [-0.05, 0) is 63.8 Å². The van der Waals surface area contributed by atoms with Crippen molar-refractivity contribution in [1.29, 1.82) is 0 Å². The van der Waals surface area contributed by atoms with Crippen molar-refractivity contribution in [2.24, 2.45) is 0 Å². The Labute approximate surface area is 190 Å². The van der Waals surface area contributed by atoms with Gasteiger partial charge in [0, 0.05) is 22.6 Å². The number of hydrogen-bond acceptors (Lipinski definition) is 4. The molecule has 31 heavy (non-hydrogen) atoms. The maximum absolute atomic E-state index is 12.8. The van der Waals surface area contributed by atoms with Gasteiger partial charge in [0.05, 0.1) is 45.3 Å². The highest BCUT2D eigenvalue weighted by molar-refractivity contribution is 7.85. The van der Waals surface area contributed by atoms with Crippen LogP contribution in [0.15, 0.2) is 58.3 Å². The molecule has 2 heterocycles. The largest absolute Gasteiger partial charge is 0.346 e. The third-order valence-corrected chi connectivity index (χ3v) is 9.12. The lowest BCUT2D eigenvalue weighted by Crippen LogP contribution is -2.50. The second-order valence-electron chi connectivity index (χ2n) is 8.83. The van der Waals surface area contributed by atoms with Crippen LogP contribution in [0, 0.1) is 13.8 Å². The Bertz CT molecular complexity index is 846. The molecule has 0 amide bonds. The summed E-state index contributed by atoms with van der Waals surface area (Å²) in [5.74, 6) is 0.378. The Kier molecular flexibility index (Phi) is 7.42. The minimum atomic E-state index is -1.08. The van der Waals surface area contributed by atoms with Crippen LogP contribution in [0.25, 0.3) is 0 Å². The summed E-state index contributed by atoms with van der Waals surface area (Å²) in [5, 5.41) is 0. The van der Waals surface area contributed by atoms with Gasteiger partial charge in [-0.1, -0.05) is 35.4 Å². The highest BCUT2D eigenvalue weighted by atomic mass is 32.2. The van der Waals surface area contributed by atoms with Crippen molar-refractivity contribution in [1.82, 2.24) is 0 Å². The Morgan fingerprint density at radius 3 is 1.52 bits per heavy atom. The third kappa shape index (κ3) is 5.92. The molecule has 0 saturated carbocycles. The smallest absolute Gasteiger partial charge is 0.169 e. The first-order valence-electron chi connectivity index (χ1n) is 11.2. The number of benzene rings is 2. The van der Waals surface area contributed by atoms with Gasteiger partial charge in [0.15, 0.2) is 5.79 Å². The van der Waals surface area contributed by atoms with E-state index in [4.69, 9.17) is 9.47 Å². The fourth-order valence-electron chi connectivity index (χ4n) is 4.46. The fraction of sp³-hybridized carbons (Fsp3) is 0.520. The van der Waals surface area contributed by atoms with Crippen molar-refractivity contribution >= 4 is 21.6 Å². The average molecular weight is 461 g/mol. The van der Waals surface area contributed by atoms with E-state index in [9.17, 15) is 8.42 Å². The number of rotatable bonds is 6. The summed E-state index contributed by atoms with van der Waals surface area (Å²) >= 11 is 0. The predicted octanol–water partition coefficient (Wildman–Crippen LogP) is 5.05. The van der Waals surface area contributed by atoms with Crippen molar-refractivity contribution in [3.8, 4) is 0 Å². The highest BCUT2D eigenvalue weighted by Gasteiger charge is 2.43. The van der Waals surface area contributed by atoms with Crippen LogP contribution in [0.1, 0.15) is 49.7 Å². The van der Waals surface area contributed by atoms with E-state index in [1.807, 2.05) is 62.4 Å². The van der Waals surface area contributed by atoms with Crippen molar-refractivity contribution < 1.29 is 17.9 Å². The van der Waals surface area contributed by atoms with Gasteiger partial charge in [-0.25, -0.2) is 0 Å². The van der Waals surface area contributed by atoms with Gasteiger partial charge in [0.2, 0.25) is 0 Å². The summed E-state index contributed by atoms with van der Waals surface area (Å²) in [4.78, 5) is 1.70. The van der Waals surface area contributed by atoms with Gasteiger partial charge in [-0.3, -0.25) is 8.42 Å². The topological polar surface area (TPSA) is 52.6 Å². The van der Waals surface area contributed by atoms with Crippen molar-refractivity contribution in [3.63, 3.8) is 0 Å². The molecule has 0 aliphatic carbocycles. The zero-order valence-corrected chi connectivity index (χ0v) is 20.0. The van der Waals surface area contributed by atoms with Gasteiger partial charge in [-0.15, -0.1) is 0 Å². The summed E-state index contributed by atoms with van der Waals surface area (Å²) in [5.41, 5.74) is 2.33. The van der Waals surface area contributed by atoms with E-state index in [1.165, 1.54) is 11.1 Å². The molecule has 2 aromatic rings. The van der Waals surface area contributed by atoms with Crippen LogP contribution < -0.4 is 0 Å². The Hall–Kier alpha value is -1.34. The Morgan fingerprint density at radius 2 is 1.13 bits per heavy atom. The average Bonchev–Trinajstić information content (AvgIpc) is 2.75. The first-order chi connectivity index (χ1) is 14.9. The first-order valence-corrected chi connectivity index (χ1v) is 13.8. The molecule has 2 aromatic carbocycles. The standard InChI is InChI=1S/C25H32O4S2/c1-19-7-11-23(12-8-19)30(26)17-21-5-3-15-25(28-21)16-4-6-22(29-25)18-31(27)24-13-9-20(2)10-14-24/h7-14,21-22H,3-6,15-18H2,1-2H3/t21-,22-,25?,30+,31+/m0/s1. The van der Waals surface area contributed by atoms with Crippen LogP contribution >= 0.6 is 0 Å². The van der Waals surface area contributed by atoms with E-state index in [-0.39, 0.29) is 12.2 Å². The molecule has 6 heteroatoms. The van der Waals surface area contributed by atoms with E-state index >= 15 is 0 Å². The normalized spacial score (nSPS) is 25.2. The molecule has 4 atom stereocenters. The zero-order valence-electron chi connectivity index (χ0n) is 18.4. The summed E-state index contributed by atoms with van der Waals surface area (Å²) in [6.07, 6.45) is 5.38. The van der Waals surface area contributed by atoms with Crippen LogP contribution in [0.5, 0.6) is 0 Å². The molecule has 2 saturated heterocycles. The van der Waals surface area contributed by atoms with E-state index in [2.05, 4.69) is 0 Å². The molecule has 4 rings (SSSR count). The van der Waals surface area contributed by atoms with Gasteiger partial charge in [0.25, 0.3) is 0 Å².